The molecule has 0 radical (unpaired) electrons. The molecule has 0 saturated carbocycles. The molecule has 1 amide bonds. The fraction of sp³-hybridized carbons (Fsp3) is 0.185. The standard InChI is InChI=1S/C27H24Cl2N2O4/c1-4-34-25-14-19(13-22(29)26(25)35-16-18-6-8-21(28)9-7-18)12-20(15-30)27(32)31-23-11-17(2)5-10-24(23)33-3/h5-14H,4,16H2,1-3H3,(H,31,32)/b20-12+. The van der Waals surface area contributed by atoms with E-state index in [4.69, 9.17) is 37.4 Å². The largest absolute Gasteiger partial charge is 0.495 e. The van der Waals surface area contributed by atoms with Crippen molar-refractivity contribution in [3.63, 3.8) is 0 Å². The minimum Gasteiger partial charge on any atom is -0.495 e. The van der Waals surface area contributed by atoms with E-state index in [0.717, 1.165) is 11.1 Å². The van der Waals surface area contributed by atoms with Gasteiger partial charge in [0.15, 0.2) is 11.5 Å². The van der Waals surface area contributed by atoms with Crippen LogP contribution in [-0.4, -0.2) is 19.6 Å². The summed E-state index contributed by atoms with van der Waals surface area (Å²) in [6.07, 6.45) is 1.44. The third-order valence-electron chi connectivity index (χ3n) is 4.91. The minimum atomic E-state index is -0.575. The molecular formula is C27H24Cl2N2O4. The van der Waals surface area contributed by atoms with E-state index in [1.54, 1.807) is 36.4 Å². The zero-order valence-electron chi connectivity index (χ0n) is 19.5. The highest BCUT2D eigenvalue weighted by Crippen LogP contribution is 2.38. The van der Waals surface area contributed by atoms with Crippen LogP contribution in [0.1, 0.15) is 23.6 Å². The Hall–Kier alpha value is -3.66. The topological polar surface area (TPSA) is 80.6 Å². The van der Waals surface area contributed by atoms with Gasteiger partial charge < -0.3 is 19.5 Å². The molecule has 0 aliphatic rings. The quantitative estimate of drug-likeness (QED) is 0.252. The van der Waals surface area contributed by atoms with E-state index in [1.807, 2.05) is 38.1 Å². The summed E-state index contributed by atoms with van der Waals surface area (Å²) in [7, 11) is 1.51. The summed E-state index contributed by atoms with van der Waals surface area (Å²) in [6.45, 7) is 4.36. The predicted octanol–water partition coefficient (Wildman–Crippen LogP) is 6.83. The smallest absolute Gasteiger partial charge is 0.266 e. The molecule has 3 aromatic carbocycles. The van der Waals surface area contributed by atoms with E-state index >= 15 is 0 Å². The van der Waals surface area contributed by atoms with Crippen molar-refractivity contribution in [2.75, 3.05) is 19.0 Å². The summed E-state index contributed by atoms with van der Waals surface area (Å²) in [6, 6.07) is 17.9. The first-order valence-corrected chi connectivity index (χ1v) is 11.5. The Morgan fingerprint density at radius 1 is 1.06 bits per heavy atom. The maximum atomic E-state index is 12.8. The number of amides is 1. The lowest BCUT2D eigenvalue weighted by Gasteiger charge is -2.15. The van der Waals surface area contributed by atoms with Crippen LogP contribution in [0.5, 0.6) is 17.2 Å². The van der Waals surface area contributed by atoms with Gasteiger partial charge in [-0.25, -0.2) is 0 Å². The van der Waals surface area contributed by atoms with Crippen LogP contribution < -0.4 is 19.5 Å². The molecule has 1 N–H and O–H groups in total. The van der Waals surface area contributed by atoms with Crippen molar-refractivity contribution in [2.24, 2.45) is 0 Å². The molecule has 3 aromatic rings. The summed E-state index contributed by atoms with van der Waals surface area (Å²) < 4.78 is 16.9. The SMILES string of the molecule is CCOc1cc(/C=C(\C#N)C(=O)Nc2cc(C)ccc2OC)cc(Cl)c1OCc1ccc(Cl)cc1. The lowest BCUT2D eigenvalue weighted by molar-refractivity contribution is -0.112. The molecule has 0 heterocycles. The van der Waals surface area contributed by atoms with E-state index in [9.17, 15) is 10.1 Å². The van der Waals surface area contributed by atoms with E-state index in [0.29, 0.717) is 40.1 Å². The first kappa shape index (κ1) is 26.0. The molecule has 0 unspecified atom stereocenters. The molecule has 8 heteroatoms. The molecule has 0 aliphatic heterocycles. The second-order valence-corrected chi connectivity index (χ2v) is 8.35. The Balaban J connectivity index is 1.86. The average molecular weight is 511 g/mol. The number of carbonyl (C=O) groups excluding carboxylic acids is 1. The van der Waals surface area contributed by atoms with Crippen molar-refractivity contribution in [3.8, 4) is 23.3 Å². The number of hydrogen-bond donors (Lipinski definition) is 1. The van der Waals surface area contributed by atoms with E-state index < -0.39 is 5.91 Å². The van der Waals surface area contributed by atoms with Gasteiger partial charge in [0.2, 0.25) is 0 Å². The number of aryl methyl sites for hydroxylation is 1. The molecule has 0 fully saturated rings. The number of benzene rings is 3. The third-order valence-corrected chi connectivity index (χ3v) is 5.44. The number of anilines is 1. The second kappa shape index (κ2) is 12.2. The third kappa shape index (κ3) is 6.92. The fourth-order valence-electron chi connectivity index (χ4n) is 3.23. The zero-order chi connectivity index (χ0) is 25.4. The number of carbonyl (C=O) groups is 1. The summed E-state index contributed by atoms with van der Waals surface area (Å²) in [5.41, 5.74) is 2.72. The zero-order valence-corrected chi connectivity index (χ0v) is 21.0. The molecule has 3 rings (SSSR count). The van der Waals surface area contributed by atoms with E-state index in [2.05, 4.69) is 5.32 Å². The molecule has 0 bridgehead atoms. The molecule has 0 saturated heterocycles. The molecular weight excluding hydrogens is 487 g/mol. The van der Waals surface area contributed by atoms with Crippen LogP contribution in [0, 0.1) is 18.3 Å². The number of nitrogens with zero attached hydrogens (tertiary/aromatic N) is 1. The molecule has 0 spiro atoms. The van der Waals surface area contributed by atoms with Gasteiger partial charge in [0, 0.05) is 5.02 Å². The summed E-state index contributed by atoms with van der Waals surface area (Å²) in [5, 5.41) is 13.3. The van der Waals surface area contributed by atoms with Crippen LogP contribution in [0.3, 0.4) is 0 Å². The van der Waals surface area contributed by atoms with Crippen molar-refractivity contribution in [1.82, 2.24) is 0 Å². The fourth-order valence-corrected chi connectivity index (χ4v) is 3.63. The first-order valence-electron chi connectivity index (χ1n) is 10.8. The Morgan fingerprint density at radius 2 is 1.80 bits per heavy atom. The molecule has 0 atom stereocenters. The van der Waals surface area contributed by atoms with Gasteiger partial charge in [-0.15, -0.1) is 0 Å². The molecule has 0 aromatic heterocycles. The maximum absolute atomic E-state index is 12.8. The summed E-state index contributed by atoms with van der Waals surface area (Å²) in [5.74, 6) is 0.685. The van der Waals surface area contributed by atoms with Crippen molar-refractivity contribution in [3.05, 3.63) is 86.9 Å². The maximum Gasteiger partial charge on any atom is 0.266 e. The van der Waals surface area contributed by atoms with Gasteiger partial charge >= 0.3 is 0 Å². The van der Waals surface area contributed by atoms with Crippen molar-refractivity contribution >= 4 is 40.9 Å². The lowest BCUT2D eigenvalue weighted by atomic mass is 10.1. The monoisotopic (exact) mass is 510 g/mol. The molecule has 0 aliphatic carbocycles. The Kier molecular flexibility index (Phi) is 9.02. The van der Waals surface area contributed by atoms with Crippen LogP contribution in [0.25, 0.3) is 6.08 Å². The molecule has 180 valence electrons. The van der Waals surface area contributed by atoms with Gasteiger partial charge in [-0.2, -0.15) is 5.26 Å². The number of nitriles is 1. The van der Waals surface area contributed by atoms with Gasteiger partial charge in [0.25, 0.3) is 5.91 Å². The predicted molar refractivity (Wildman–Crippen MR) is 138 cm³/mol. The lowest BCUT2D eigenvalue weighted by Crippen LogP contribution is -2.14. The van der Waals surface area contributed by atoms with E-state index in [-0.39, 0.29) is 17.2 Å². The normalized spacial score (nSPS) is 10.9. The van der Waals surface area contributed by atoms with Crippen molar-refractivity contribution in [2.45, 2.75) is 20.5 Å². The number of nitrogens with one attached hydrogen (secondary N) is 1. The van der Waals surface area contributed by atoms with Crippen LogP contribution in [-0.2, 0) is 11.4 Å². The van der Waals surface area contributed by atoms with Crippen molar-refractivity contribution in [1.29, 1.82) is 5.26 Å². The van der Waals surface area contributed by atoms with Gasteiger partial charge in [0.1, 0.15) is 24.0 Å². The number of rotatable bonds is 9. The highest BCUT2D eigenvalue weighted by atomic mass is 35.5. The van der Waals surface area contributed by atoms with Gasteiger partial charge in [-0.05, 0) is 73.0 Å². The van der Waals surface area contributed by atoms with E-state index in [1.165, 1.54) is 13.2 Å². The summed E-state index contributed by atoms with van der Waals surface area (Å²) in [4.78, 5) is 12.8. The van der Waals surface area contributed by atoms with Crippen LogP contribution in [0.15, 0.2) is 60.2 Å². The van der Waals surface area contributed by atoms with Crippen LogP contribution in [0.2, 0.25) is 10.0 Å². The molecule has 6 nitrogen and oxygen atoms in total. The molecule has 35 heavy (non-hydrogen) atoms. The average Bonchev–Trinajstić information content (AvgIpc) is 2.83. The first-order chi connectivity index (χ1) is 16.8. The number of halogens is 2. The Morgan fingerprint density at radius 3 is 2.46 bits per heavy atom. The number of methoxy groups -OCH3 is 1. The number of hydrogen-bond acceptors (Lipinski definition) is 5. The van der Waals surface area contributed by atoms with Gasteiger partial charge in [-0.1, -0.05) is 41.4 Å². The Bertz CT molecular complexity index is 1280. The van der Waals surface area contributed by atoms with Crippen LogP contribution >= 0.6 is 23.2 Å². The van der Waals surface area contributed by atoms with Crippen molar-refractivity contribution < 1.29 is 19.0 Å². The highest BCUT2D eigenvalue weighted by Gasteiger charge is 2.16. The minimum absolute atomic E-state index is 0.109. The van der Waals surface area contributed by atoms with Gasteiger partial charge in [0.05, 0.1) is 24.4 Å². The Labute approximate surface area is 214 Å². The number of ether oxygens (including phenoxy) is 3. The summed E-state index contributed by atoms with van der Waals surface area (Å²) >= 11 is 12.4. The van der Waals surface area contributed by atoms with Gasteiger partial charge in [-0.3, -0.25) is 4.79 Å². The highest BCUT2D eigenvalue weighted by molar-refractivity contribution is 6.32. The second-order valence-electron chi connectivity index (χ2n) is 7.51. The van der Waals surface area contributed by atoms with Crippen LogP contribution in [0.4, 0.5) is 5.69 Å².